The molecule has 142 valence electrons. The molecule has 0 aliphatic heterocycles. The van der Waals surface area contributed by atoms with Crippen molar-refractivity contribution in [2.75, 3.05) is 0 Å². The van der Waals surface area contributed by atoms with Gasteiger partial charge in [-0.3, -0.25) is 0 Å². The highest BCUT2D eigenvalue weighted by Crippen LogP contribution is 2.49. The van der Waals surface area contributed by atoms with Crippen molar-refractivity contribution in [3.63, 3.8) is 0 Å². The molecule has 2 aliphatic carbocycles. The van der Waals surface area contributed by atoms with Crippen molar-refractivity contribution in [1.29, 1.82) is 0 Å². The number of hydrogen-bond acceptors (Lipinski definition) is 1. The Morgan fingerprint density at radius 2 is 1.79 bits per heavy atom. The number of benzene rings is 2. The normalized spacial score (nSPS) is 16.0. The molecule has 0 radical (unpaired) electrons. The Hall–Kier alpha value is -1.42. The van der Waals surface area contributed by atoms with Crippen LogP contribution in [-0.2, 0) is 12.8 Å². The summed E-state index contributed by atoms with van der Waals surface area (Å²) in [5.41, 5.74) is 8.97. The van der Waals surface area contributed by atoms with Gasteiger partial charge in [-0.05, 0) is 88.6 Å². The lowest BCUT2D eigenvalue weighted by atomic mass is 10.0. The SMILES string of the molecule is CC1=C([Si](C)(C)C2=Cc3ccccc3C2)c2cc3sc(C)c(C)c3c(Br)c2C1. The molecule has 0 fully saturated rings. The van der Waals surface area contributed by atoms with Gasteiger partial charge in [-0.1, -0.05) is 54.2 Å². The molecular formula is C25H25BrSSi. The molecule has 0 saturated heterocycles. The molecule has 0 bridgehead atoms. The first kappa shape index (κ1) is 18.6. The Labute approximate surface area is 181 Å². The average molecular weight is 466 g/mol. The van der Waals surface area contributed by atoms with Crippen molar-refractivity contribution in [1.82, 2.24) is 0 Å². The van der Waals surface area contributed by atoms with Crippen molar-refractivity contribution in [3.05, 3.63) is 78.3 Å². The zero-order valence-corrected chi connectivity index (χ0v) is 20.6. The van der Waals surface area contributed by atoms with Gasteiger partial charge in [0.15, 0.2) is 0 Å². The van der Waals surface area contributed by atoms with E-state index in [4.69, 9.17) is 0 Å². The summed E-state index contributed by atoms with van der Waals surface area (Å²) in [4.78, 5) is 1.44. The number of rotatable bonds is 2. The highest BCUT2D eigenvalue weighted by atomic mass is 79.9. The van der Waals surface area contributed by atoms with Crippen molar-refractivity contribution in [2.45, 2.75) is 46.7 Å². The summed E-state index contributed by atoms with van der Waals surface area (Å²) in [5.74, 6) is 0. The summed E-state index contributed by atoms with van der Waals surface area (Å²) in [6.45, 7) is 12.0. The van der Waals surface area contributed by atoms with Gasteiger partial charge in [-0.25, -0.2) is 0 Å². The Kier molecular flexibility index (Phi) is 4.17. The molecule has 2 aromatic carbocycles. The molecule has 3 aromatic rings. The van der Waals surface area contributed by atoms with E-state index in [1.54, 1.807) is 16.0 Å². The van der Waals surface area contributed by atoms with Gasteiger partial charge in [0.1, 0.15) is 8.07 Å². The Morgan fingerprint density at radius 3 is 2.54 bits per heavy atom. The summed E-state index contributed by atoms with van der Waals surface area (Å²) in [6, 6.07) is 11.4. The largest absolute Gasteiger partial charge is 0.140 e. The molecule has 3 heteroatoms. The molecule has 2 aliphatic rings. The molecule has 0 spiro atoms. The van der Waals surface area contributed by atoms with Gasteiger partial charge in [-0.15, -0.1) is 11.3 Å². The Balaban J connectivity index is 1.67. The van der Waals surface area contributed by atoms with Crippen LogP contribution in [0.2, 0.25) is 13.1 Å². The summed E-state index contributed by atoms with van der Waals surface area (Å²) in [7, 11) is -1.74. The van der Waals surface area contributed by atoms with Gasteiger partial charge in [0, 0.05) is 19.4 Å². The van der Waals surface area contributed by atoms with E-state index < -0.39 is 8.07 Å². The first-order chi connectivity index (χ1) is 13.3. The summed E-state index contributed by atoms with van der Waals surface area (Å²) < 4.78 is 2.77. The van der Waals surface area contributed by atoms with Crippen LogP contribution in [0, 0.1) is 13.8 Å². The minimum absolute atomic E-state index is 1.09. The predicted octanol–water partition coefficient (Wildman–Crippen LogP) is 8.04. The van der Waals surface area contributed by atoms with E-state index in [1.165, 1.54) is 47.3 Å². The van der Waals surface area contributed by atoms with Crippen LogP contribution in [0.15, 0.2) is 45.6 Å². The van der Waals surface area contributed by atoms with Crippen LogP contribution in [0.5, 0.6) is 0 Å². The molecular weight excluding hydrogens is 440 g/mol. The topological polar surface area (TPSA) is 0 Å². The molecule has 1 aromatic heterocycles. The third kappa shape index (κ3) is 2.52. The number of fused-ring (bicyclic) bond motifs is 3. The van der Waals surface area contributed by atoms with E-state index in [0.29, 0.717) is 0 Å². The molecule has 0 saturated carbocycles. The lowest BCUT2D eigenvalue weighted by molar-refractivity contribution is 1.19. The monoisotopic (exact) mass is 464 g/mol. The van der Waals surface area contributed by atoms with Crippen molar-refractivity contribution in [2.24, 2.45) is 0 Å². The Bertz CT molecular complexity index is 1220. The fourth-order valence-corrected chi connectivity index (χ4v) is 10.8. The fourth-order valence-electron chi connectivity index (χ4n) is 5.21. The fraction of sp³-hybridized carbons (Fsp3) is 0.280. The zero-order valence-electron chi connectivity index (χ0n) is 17.2. The van der Waals surface area contributed by atoms with Crippen LogP contribution in [0.1, 0.15) is 39.6 Å². The van der Waals surface area contributed by atoms with Crippen molar-refractivity contribution in [3.8, 4) is 0 Å². The van der Waals surface area contributed by atoms with Crippen LogP contribution in [0.4, 0.5) is 0 Å². The molecule has 28 heavy (non-hydrogen) atoms. The maximum Gasteiger partial charge on any atom is 0.108 e. The van der Waals surface area contributed by atoms with Crippen molar-refractivity contribution >= 4 is 56.7 Å². The smallest absolute Gasteiger partial charge is 0.108 e. The quantitative estimate of drug-likeness (QED) is 0.336. The van der Waals surface area contributed by atoms with Gasteiger partial charge < -0.3 is 0 Å². The molecule has 0 atom stereocenters. The molecule has 0 N–H and O–H groups in total. The number of allylic oxidation sites excluding steroid dienone is 2. The van der Waals surface area contributed by atoms with Gasteiger partial charge in [0.25, 0.3) is 0 Å². The second kappa shape index (κ2) is 6.29. The summed E-state index contributed by atoms with van der Waals surface area (Å²) in [6.07, 6.45) is 4.71. The van der Waals surface area contributed by atoms with Crippen LogP contribution < -0.4 is 0 Å². The lowest BCUT2D eigenvalue weighted by Gasteiger charge is -2.28. The molecule has 5 rings (SSSR count). The van der Waals surface area contributed by atoms with E-state index in [2.05, 4.69) is 86.2 Å². The zero-order chi connectivity index (χ0) is 19.8. The van der Waals surface area contributed by atoms with E-state index in [0.717, 1.165) is 12.8 Å². The minimum atomic E-state index is -1.74. The second-order valence-corrected chi connectivity index (χ2v) is 15.3. The van der Waals surface area contributed by atoms with Crippen LogP contribution in [0.25, 0.3) is 21.4 Å². The first-order valence-electron chi connectivity index (χ1n) is 9.99. The molecule has 0 amide bonds. The van der Waals surface area contributed by atoms with E-state index >= 15 is 0 Å². The summed E-state index contributed by atoms with van der Waals surface area (Å²) in [5, 5.41) is 4.78. The van der Waals surface area contributed by atoms with Gasteiger partial charge in [0.2, 0.25) is 0 Å². The molecule has 0 unspecified atom stereocenters. The number of aryl methyl sites for hydroxylation is 2. The standard InChI is InChI=1S/C25H25BrSSi/c1-14-10-20-21(13-22-23(24(20)26)15(2)16(3)27-22)25(14)28(4,5)19-11-17-8-6-7-9-18(17)12-19/h6-9,11,13H,10,12H2,1-5H3. The predicted molar refractivity (Wildman–Crippen MR) is 131 cm³/mol. The Morgan fingerprint density at radius 1 is 1.04 bits per heavy atom. The number of hydrogen-bond donors (Lipinski definition) is 0. The third-order valence-electron chi connectivity index (χ3n) is 6.83. The second-order valence-electron chi connectivity index (χ2n) is 8.88. The first-order valence-corrected chi connectivity index (χ1v) is 14.6. The summed E-state index contributed by atoms with van der Waals surface area (Å²) >= 11 is 5.95. The number of thiophene rings is 1. The minimum Gasteiger partial charge on any atom is -0.140 e. The van der Waals surface area contributed by atoms with Crippen LogP contribution in [-0.4, -0.2) is 8.07 Å². The number of halogens is 1. The maximum absolute atomic E-state index is 4.01. The van der Waals surface area contributed by atoms with E-state index in [9.17, 15) is 0 Å². The van der Waals surface area contributed by atoms with Gasteiger partial charge >= 0.3 is 0 Å². The lowest BCUT2D eigenvalue weighted by Crippen LogP contribution is -2.32. The van der Waals surface area contributed by atoms with Crippen LogP contribution in [0.3, 0.4) is 0 Å². The molecule has 0 nitrogen and oxygen atoms in total. The highest BCUT2D eigenvalue weighted by Gasteiger charge is 2.39. The average Bonchev–Trinajstić information content (AvgIpc) is 3.30. The maximum atomic E-state index is 4.01. The van der Waals surface area contributed by atoms with Crippen molar-refractivity contribution < 1.29 is 0 Å². The molecule has 1 heterocycles. The van der Waals surface area contributed by atoms with Gasteiger partial charge in [0.05, 0.1) is 0 Å². The van der Waals surface area contributed by atoms with E-state index in [-0.39, 0.29) is 0 Å². The highest BCUT2D eigenvalue weighted by molar-refractivity contribution is 9.10. The third-order valence-corrected chi connectivity index (χ3v) is 12.7. The van der Waals surface area contributed by atoms with E-state index in [1.807, 2.05) is 11.3 Å². The van der Waals surface area contributed by atoms with Gasteiger partial charge in [-0.2, -0.15) is 0 Å². The van der Waals surface area contributed by atoms with Crippen LogP contribution >= 0.6 is 27.3 Å².